The zero-order valence-corrected chi connectivity index (χ0v) is 13.0. The molecule has 2 aromatic carbocycles. The minimum Gasteiger partial charge on any atom is -0.489 e. The second kappa shape index (κ2) is 6.84. The summed E-state index contributed by atoms with van der Waals surface area (Å²) in [6.07, 6.45) is -4.64. The Morgan fingerprint density at radius 3 is 2.69 bits per heavy atom. The van der Waals surface area contributed by atoms with E-state index in [4.69, 9.17) is 10.00 Å². The largest absolute Gasteiger partial charge is 0.489 e. The van der Waals surface area contributed by atoms with Gasteiger partial charge in [0.1, 0.15) is 29.9 Å². The summed E-state index contributed by atoms with van der Waals surface area (Å²) in [5.41, 5.74) is 0.00109. The first-order valence-electron chi connectivity index (χ1n) is 7.28. The van der Waals surface area contributed by atoms with Crippen molar-refractivity contribution in [2.24, 2.45) is 0 Å². The molecule has 1 N–H and O–H groups in total. The zero-order valence-electron chi connectivity index (χ0n) is 13.0. The quantitative estimate of drug-likeness (QED) is 0.710. The lowest BCUT2D eigenvalue weighted by Gasteiger charge is -2.11. The van der Waals surface area contributed by atoms with Crippen LogP contribution in [0.2, 0.25) is 0 Å². The Balaban J connectivity index is 1.80. The molecule has 26 heavy (non-hydrogen) atoms. The van der Waals surface area contributed by atoms with Gasteiger partial charge in [-0.3, -0.25) is 0 Å². The molecule has 0 bridgehead atoms. The molecule has 0 spiro atoms. The predicted molar refractivity (Wildman–Crippen MR) is 82.3 cm³/mol. The molecule has 132 valence electrons. The number of rotatable bonds is 4. The number of benzene rings is 2. The van der Waals surface area contributed by atoms with E-state index in [-0.39, 0.29) is 17.9 Å². The summed E-state index contributed by atoms with van der Waals surface area (Å²) in [6.45, 7) is -0.256. The lowest BCUT2D eigenvalue weighted by Crippen LogP contribution is -2.07. The summed E-state index contributed by atoms with van der Waals surface area (Å²) in [4.78, 5) is 0. The minimum absolute atomic E-state index is 0.0434. The van der Waals surface area contributed by atoms with Crippen molar-refractivity contribution in [1.82, 2.24) is 15.4 Å². The van der Waals surface area contributed by atoms with Gasteiger partial charge in [-0.15, -0.1) is 5.10 Å². The summed E-state index contributed by atoms with van der Waals surface area (Å²) in [5, 5.41) is 18.8. The number of hydrogen-bond donors (Lipinski definition) is 1. The molecule has 1 heterocycles. The highest BCUT2D eigenvalue weighted by Gasteiger charge is 2.31. The van der Waals surface area contributed by atoms with E-state index in [1.54, 1.807) is 24.3 Å². The minimum atomic E-state index is -4.64. The molecule has 9 heteroatoms. The summed E-state index contributed by atoms with van der Waals surface area (Å²) in [5.74, 6) is -0.666. The molecule has 0 aliphatic carbocycles. The van der Waals surface area contributed by atoms with Gasteiger partial charge < -0.3 is 4.74 Å². The van der Waals surface area contributed by atoms with Crippen molar-refractivity contribution in [2.75, 3.05) is 0 Å². The van der Waals surface area contributed by atoms with Crippen molar-refractivity contribution in [1.29, 1.82) is 5.26 Å². The zero-order chi connectivity index (χ0) is 18.7. The predicted octanol–water partition coefficient (Wildman–Crippen LogP) is 4.08. The van der Waals surface area contributed by atoms with Crippen LogP contribution in [0.4, 0.5) is 17.6 Å². The second-order valence-electron chi connectivity index (χ2n) is 5.31. The van der Waals surface area contributed by atoms with Crippen molar-refractivity contribution < 1.29 is 22.3 Å². The van der Waals surface area contributed by atoms with E-state index in [1.165, 1.54) is 0 Å². The number of nitriles is 1. The maximum atomic E-state index is 13.4. The molecule has 0 amide bonds. The molecule has 0 aliphatic rings. The van der Waals surface area contributed by atoms with Crippen LogP contribution in [0.25, 0.3) is 11.3 Å². The normalized spacial score (nSPS) is 11.2. The topological polar surface area (TPSA) is 74.6 Å². The van der Waals surface area contributed by atoms with Gasteiger partial charge >= 0.3 is 6.18 Å². The molecule has 0 atom stereocenters. The molecule has 0 saturated heterocycles. The van der Waals surface area contributed by atoms with Gasteiger partial charge in [0.15, 0.2) is 5.69 Å². The molecule has 3 aromatic rings. The fourth-order valence-corrected chi connectivity index (χ4v) is 2.31. The molecule has 5 nitrogen and oxygen atoms in total. The Morgan fingerprint density at radius 1 is 1.15 bits per heavy atom. The first-order chi connectivity index (χ1) is 12.4. The number of hydrogen-bond acceptors (Lipinski definition) is 4. The number of nitrogens with one attached hydrogen (secondary N) is 1. The second-order valence-corrected chi connectivity index (χ2v) is 5.31. The molecule has 0 unspecified atom stereocenters. The van der Waals surface area contributed by atoms with Gasteiger partial charge in [-0.25, -0.2) is 9.49 Å². The van der Waals surface area contributed by atoms with Gasteiger partial charge in [0.25, 0.3) is 0 Å². The molecular weight excluding hydrogens is 352 g/mol. The number of aromatic nitrogens is 3. The van der Waals surface area contributed by atoms with Crippen LogP contribution in [-0.2, 0) is 12.8 Å². The monoisotopic (exact) mass is 362 g/mol. The summed E-state index contributed by atoms with van der Waals surface area (Å²) >= 11 is 0. The standard InChI is InChI=1S/C17H10F4N4O/c18-13-5-10(4-12(7-13)17(19,20)21)9-26-14-3-1-2-11(6-14)16-15(8-22)23-25-24-16/h1-7H,9H2,(H,23,24,25). The number of alkyl halides is 3. The van der Waals surface area contributed by atoms with Crippen molar-refractivity contribution in [2.45, 2.75) is 12.8 Å². The van der Waals surface area contributed by atoms with Gasteiger partial charge in [0.2, 0.25) is 0 Å². The van der Waals surface area contributed by atoms with Gasteiger partial charge in [0.05, 0.1) is 5.56 Å². The first kappa shape index (κ1) is 17.4. The van der Waals surface area contributed by atoms with E-state index < -0.39 is 17.6 Å². The van der Waals surface area contributed by atoms with Gasteiger partial charge in [-0.1, -0.05) is 17.3 Å². The van der Waals surface area contributed by atoms with Crippen LogP contribution in [0.1, 0.15) is 16.8 Å². The third kappa shape index (κ3) is 3.80. The van der Waals surface area contributed by atoms with E-state index >= 15 is 0 Å². The van der Waals surface area contributed by atoms with E-state index in [1.807, 2.05) is 6.07 Å². The first-order valence-corrected chi connectivity index (χ1v) is 7.28. The lowest BCUT2D eigenvalue weighted by molar-refractivity contribution is -0.137. The lowest BCUT2D eigenvalue weighted by atomic mass is 10.1. The highest BCUT2D eigenvalue weighted by molar-refractivity contribution is 5.65. The molecule has 0 saturated carbocycles. The van der Waals surface area contributed by atoms with Crippen molar-refractivity contribution >= 4 is 0 Å². The van der Waals surface area contributed by atoms with Crippen LogP contribution in [0.5, 0.6) is 5.75 Å². The number of nitrogens with zero attached hydrogens (tertiary/aromatic N) is 3. The summed E-state index contributed by atoms with van der Waals surface area (Å²) in [6, 6.07) is 10.6. The van der Waals surface area contributed by atoms with E-state index in [0.717, 1.165) is 12.1 Å². The maximum Gasteiger partial charge on any atom is 0.416 e. The Labute approximate surface area is 144 Å². The smallest absolute Gasteiger partial charge is 0.416 e. The van der Waals surface area contributed by atoms with Crippen molar-refractivity contribution in [3.8, 4) is 23.1 Å². The highest BCUT2D eigenvalue weighted by atomic mass is 19.4. The number of ether oxygens (including phenoxy) is 1. The third-order valence-electron chi connectivity index (χ3n) is 3.46. The van der Waals surface area contributed by atoms with Crippen molar-refractivity contribution in [3.63, 3.8) is 0 Å². The third-order valence-corrected chi connectivity index (χ3v) is 3.46. The van der Waals surface area contributed by atoms with Crippen LogP contribution in [-0.4, -0.2) is 15.4 Å². The molecule has 3 rings (SSSR count). The van der Waals surface area contributed by atoms with Crippen molar-refractivity contribution in [3.05, 3.63) is 65.1 Å². The van der Waals surface area contributed by atoms with Crippen LogP contribution < -0.4 is 4.74 Å². The van der Waals surface area contributed by atoms with Crippen LogP contribution in [0, 0.1) is 17.1 Å². The van der Waals surface area contributed by atoms with E-state index in [9.17, 15) is 17.6 Å². The molecule has 0 aliphatic heterocycles. The SMILES string of the molecule is N#Cc1[nH]nnc1-c1cccc(OCc2cc(F)cc(C(F)(F)F)c2)c1. The summed E-state index contributed by atoms with van der Waals surface area (Å²) in [7, 11) is 0. The average molecular weight is 362 g/mol. The van der Waals surface area contributed by atoms with Crippen LogP contribution in [0.3, 0.4) is 0 Å². The van der Waals surface area contributed by atoms with E-state index in [2.05, 4.69) is 15.4 Å². The summed E-state index contributed by atoms with van der Waals surface area (Å²) < 4.78 is 57.1. The van der Waals surface area contributed by atoms with Gasteiger partial charge in [0, 0.05) is 5.56 Å². The Morgan fingerprint density at radius 2 is 1.96 bits per heavy atom. The van der Waals surface area contributed by atoms with Gasteiger partial charge in [-0.05, 0) is 35.9 Å². The Hall–Kier alpha value is -3.41. The number of halogens is 4. The molecular formula is C17H10F4N4O. The van der Waals surface area contributed by atoms with E-state index in [0.29, 0.717) is 23.1 Å². The Kier molecular flexibility index (Phi) is 4.58. The highest BCUT2D eigenvalue weighted by Crippen LogP contribution is 2.31. The molecule has 0 radical (unpaired) electrons. The Bertz CT molecular complexity index is 975. The molecule has 1 aromatic heterocycles. The maximum absolute atomic E-state index is 13.4. The average Bonchev–Trinajstić information content (AvgIpc) is 3.08. The van der Waals surface area contributed by atoms with Crippen LogP contribution >= 0.6 is 0 Å². The number of H-pyrrole nitrogens is 1. The fourth-order valence-electron chi connectivity index (χ4n) is 2.31. The van der Waals surface area contributed by atoms with Gasteiger partial charge in [-0.2, -0.15) is 18.4 Å². The number of aromatic amines is 1. The van der Waals surface area contributed by atoms with Crippen LogP contribution in [0.15, 0.2) is 42.5 Å². The fraction of sp³-hybridized carbons (Fsp3) is 0.118. The molecule has 0 fully saturated rings.